The zero-order chi connectivity index (χ0) is 34.3. The number of unbranched alkanes of at least 4 members (excludes halogenated alkanes) is 1. The van der Waals surface area contributed by atoms with Crippen molar-refractivity contribution in [2.75, 3.05) is 26.4 Å². The smallest absolute Gasteiger partial charge is 0.475 e. The van der Waals surface area contributed by atoms with E-state index in [0.717, 1.165) is 22.9 Å². The first-order chi connectivity index (χ1) is 23.0. The van der Waals surface area contributed by atoms with Gasteiger partial charge >= 0.3 is 18.2 Å². The van der Waals surface area contributed by atoms with Crippen molar-refractivity contribution < 1.29 is 54.5 Å². The van der Waals surface area contributed by atoms with Crippen molar-refractivity contribution in [1.29, 1.82) is 0 Å². The second-order valence-electron chi connectivity index (χ2n) is 10.4. The van der Waals surface area contributed by atoms with Gasteiger partial charge in [0.25, 0.3) is 0 Å². The molecule has 254 valence electrons. The van der Waals surface area contributed by atoms with Crippen molar-refractivity contribution in [2.45, 2.75) is 39.3 Å². The van der Waals surface area contributed by atoms with Crippen LogP contribution < -0.4 is 20.6 Å². The fourth-order valence-corrected chi connectivity index (χ4v) is 4.69. The Morgan fingerprint density at radius 1 is 0.958 bits per heavy atom. The van der Waals surface area contributed by atoms with Gasteiger partial charge in [-0.15, -0.1) is 13.2 Å². The predicted molar refractivity (Wildman–Crippen MR) is 158 cm³/mol. The van der Waals surface area contributed by atoms with E-state index in [1.54, 1.807) is 36.7 Å². The van der Waals surface area contributed by atoms with Crippen LogP contribution in [-0.4, -0.2) is 48.7 Å². The lowest BCUT2D eigenvalue weighted by atomic mass is 10.1. The number of pyridine rings is 2. The lowest BCUT2D eigenvalue weighted by Gasteiger charge is -2.12. The highest BCUT2D eigenvalue weighted by molar-refractivity contribution is 6.08. The van der Waals surface area contributed by atoms with Crippen LogP contribution in [0.15, 0.2) is 62.4 Å². The average molecular weight is 678 g/mol. The Labute approximate surface area is 268 Å². The van der Waals surface area contributed by atoms with Crippen LogP contribution in [0.5, 0.6) is 11.6 Å². The number of esters is 1. The fourth-order valence-electron chi connectivity index (χ4n) is 4.69. The van der Waals surface area contributed by atoms with Gasteiger partial charge < -0.3 is 33.1 Å². The van der Waals surface area contributed by atoms with E-state index >= 15 is 0 Å². The SMILES string of the molecule is Cc1oc(=O)oc1COC(=O)c1ccc2c(c1)nc(OCCOCCCCNCc1cc(F)c(OC(F)(F)F)c(F)c1)c1ccncc12. The van der Waals surface area contributed by atoms with Crippen molar-refractivity contribution in [3.63, 3.8) is 0 Å². The Morgan fingerprint density at radius 3 is 2.48 bits per heavy atom. The number of benzene rings is 2. The molecule has 48 heavy (non-hydrogen) atoms. The van der Waals surface area contributed by atoms with Crippen LogP contribution in [0.1, 0.15) is 40.3 Å². The number of aromatic nitrogens is 2. The normalized spacial score (nSPS) is 11.7. The summed E-state index contributed by atoms with van der Waals surface area (Å²) >= 11 is 0. The highest BCUT2D eigenvalue weighted by atomic mass is 19.4. The van der Waals surface area contributed by atoms with Gasteiger partial charge in [-0.2, -0.15) is 0 Å². The van der Waals surface area contributed by atoms with E-state index in [0.29, 0.717) is 42.8 Å². The molecule has 0 unspecified atom stereocenters. The Balaban J connectivity index is 1.07. The summed E-state index contributed by atoms with van der Waals surface area (Å²) in [4.78, 5) is 32.7. The van der Waals surface area contributed by atoms with Crippen molar-refractivity contribution in [3.8, 4) is 11.6 Å². The molecule has 0 amide bonds. The molecule has 0 spiro atoms. The van der Waals surface area contributed by atoms with Gasteiger partial charge in [-0.25, -0.2) is 23.4 Å². The maximum absolute atomic E-state index is 13.8. The molecule has 5 aromatic rings. The highest BCUT2D eigenvalue weighted by Gasteiger charge is 2.34. The molecule has 0 radical (unpaired) electrons. The monoisotopic (exact) mass is 677 g/mol. The molecule has 16 heteroatoms. The minimum absolute atomic E-state index is 0.0459. The summed E-state index contributed by atoms with van der Waals surface area (Å²) in [5.74, 6) is -5.26. The van der Waals surface area contributed by atoms with E-state index in [9.17, 15) is 31.5 Å². The molecule has 2 aromatic carbocycles. The molecule has 5 rings (SSSR count). The van der Waals surface area contributed by atoms with Gasteiger partial charge in [0, 0.05) is 41.7 Å². The molecule has 0 aliphatic heterocycles. The zero-order valence-electron chi connectivity index (χ0n) is 25.3. The Morgan fingerprint density at radius 2 is 1.75 bits per heavy atom. The van der Waals surface area contributed by atoms with Crippen molar-refractivity contribution >= 4 is 27.6 Å². The van der Waals surface area contributed by atoms with Gasteiger partial charge in [-0.1, -0.05) is 6.07 Å². The minimum atomic E-state index is -5.20. The summed E-state index contributed by atoms with van der Waals surface area (Å²) in [6.07, 6.45) is -0.610. The van der Waals surface area contributed by atoms with Crippen molar-refractivity contribution in [3.05, 3.63) is 93.7 Å². The van der Waals surface area contributed by atoms with E-state index in [1.807, 2.05) is 0 Å². The second-order valence-corrected chi connectivity index (χ2v) is 10.4. The van der Waals surface area contributed by atoms with E-state index in [1.165, 1.54) is 6.92 Å². The Hall–Kier alpha value is -5.09. The van der Waals surface area contributed by atoms with Crippen LogP contribution in [-0.2, 0) is 22.6 Å². The molecule has 0 fully saturated rings. The molecule has 0 aliphatic rings. The third kappa shape index (κ3) is 8.83. The number of aryl methyl sites for hydroxylation is 1. The summed E-state index contributed by atoms with van der Waals surface area (Å²) in [5.41, 5.74) is 0.819. The molecule has 0 atom stereocenters. The molecule has 0 aliphatic carbocycles. The Bertz CT molecular complexity index is 1940. The van der Waals surface area contributed by atoms with Crippen LogP contribution in [0.2, 0.25) is 0 Å². The lowest BCUT2D eigenvalue weighted by molar-refractivity contribution is -0.276. The largest absolute Gasteiger partial charge is 0.573 e. The van der Waals surface area contributed by atoms with Gasteiger partial charge in [0.05, 0.1) is 17.7 Å². The standard InChI is InChI=1S/C32H28F5N3O8/c1-18-27(47-31(42)46-18)17-45-30(41)20-4-5-21-23-16-39-8-6-22(23)29(40-26(21)14-20)44-11-10-43-9-3-2-7-38-15-19-12-24(33)28(25(34)13-19)48-32(35,36)37/h4-6,8,12-14,16,38H,2-3,7,9-11,15,17H2,1H3. The van der Waals surface area contributed by atoms with Gasteiger partial charge in [-0.05, 0) is 62.2 Å². The number of nitrogens with one attached hydrogen (secondary N) is 1. The van der Waals surface area contributed by atoms with Crippen LogP contribution in [0.25, 0.3) is 21.7 Å². The number of rotatable bonds is 15. The van der Waals surface area contributed by atoms with Crippen LogP contribution in [0, 0.1) is 18.6 Å². The maximum atomic E-state index is 13.8. The zero-order valence-corrected chi connectivity index (χ0v) is 25.3. The van der Waals surface area contributed by atoms with E-state index in [2.05, 4.69) is 20.0 Å². The quantitative estimate of drug-likeness (QED) is 0.0593. The number of carbonyl (C=O) groups excluding carboxylic acids is 1. The average Bonchev–Trinajstić information content (AvgIpc) is 3.37. The number of ether oxygens (including phenoxy) is 4. The first-order valence-electron chi connectivity index (χ1n) is 14.6. The number of alkyl halides is 3. The number of nitrogens with zero attached hydrogens (tertiary/aromatic N) is 2. The Kier molecular flexibility index (Phi) is 10.9. The third-order valence-electron chi connectivity index (χ3n) is 6.93. The molecule has 0 saturated heterocycles. The van der Waals surface area contributed by atoms with E-state index in [4.69, 9.17) is 23.0 Å². The molecule has 3 aromatic heterocycles. The molecular weight excluding hydrogens is 649 g/mol. The molecule has 3 heterocycles. The molecule has 0 bridgehead atoms. The predicted octanol–water partition coefficient (Wildman–Crippen LogP) is 6.14. The minimum Gasteiger partial charge on any atom is -0.475 e. The third-order valence-corrected chi connectivity index (χ3v) is 6.93. The van der Waals surface area contributed by atoms with Crippen molar-refractivity contribution in [2.24, 2.45) is 0 Å². The van der Waals surface area contributed by atoms with E-state index < -0.39 is 35.5 Å². The molecule has 11 nitrogen and oxygen atoms in total. The summed E-state index contributed by atoms with van der Waals surface area (Å²) in [6, 6.07) is 8.21. The summed E-state index contributed by atoms with van der Waals surface area (Å²) in [6.45, 7) is 2.59. The molecule has 1 N–H and O–H groups in total. The lowest BCUT2D eigenvalue weighted by Crippen LogP contribution is -2.20. The maximum Gasteiger partial charge on any atom is 0.573 e. The molecular formula is C32H28F5N3O8. The van der Waals surface area contributed by atoms with Crippen LogP contribution >= 0.6 is 0 Å². The number of hydrogen-bond donors (Lipinski definition) is 1. The molecule has 0 saturated carbocycles. The van der Waals surface area contributed by atoms with Gasteiger partial charge in [0.1, 0.15) is 6.61 Å². The number of carbonyl (C=O) groups is 1. The van der Waals surface area contributed by atoms with Crippen LogP contribution in [0.3, 0.4) is 0 Å². The highest BCUT2D eigenvalue weighted by Crippen LogP contribution is 2.31. The second kappa shape index (κ2) is 15.2. The van der Waals surface area contributed by atoms with Gasteiger partial charge in [-0.3, -0.25) is 4.98 Å². The number of halogens is 5. The summed E-state index contributed by atoms with van der Waals surface area (Å²) in [7, 11) is 0. The van der Waals surface area contributed by atoms with Crippen molar-refractivity contribution in [1.82, 2.24) is 15.3 Å². The fraction of sp³-hybridized carbons (Fsp3) is 0.312. The topological polar surface area (TPSA) is 135 Å². The van der Waals surface area contributed by atoms with Crippen LogP contribution in [0.4, 0.5) is 22.0 Å². The summed E-state index contributed by atoms with van der Waals surface area (Å²) < 4.78 is 94.4. The van der Waals surface area contributed by atoms with Gasteiger partial charge in [0.2, 0.25) is 11.6 Å². The first-order valence-corrected chi connectivity index (χ1v) is 14.6. The van der Waals surface area contributed by atoms with Gasteiger partial charge in [0.15, 0.2) is 29.8 Å². The first kappa shape index (κ1) is 34.3. The summed E-state index contributed by atoms with van der Waals surface area (Å²) in [5, 5.41) is 5.19. The number of fused-ring (bicyclic) bond motifs is 3. The van der Waals surface area contributed by atoms with E-state index in [-0.39, 0.29) is 49.0 Å². The number of hydrogen-bond acceptors (Lipinski definition) is 11.